The van der Waals surface area contributed by atoms with Gasteiger partial charge in [-0.05, 0) is 30.4 Å². The molecule has 1 fully saturated rings. The third-order valence-electron chi connectivity index (χ3n) is 3.35. The first-order valence-electron chi connectivity index (χ1n) is 5.12. The van der Waals surface area contributed by atoms with Gasteiger partial charge < -0.3 is 10.7 Å². The van der Waals surface area contributed by atoms with E-state index in [2.05, 4.69) is 35.3 Å². The topological polar surface area (TPSA) is 41.8 Å². The number of aromatic amines is 1. The minimum Gasteiger partial charge on any atom is -0.358 e. The van der Waals surface area contributed by atoms with Crippen molar-refractivity contribution in [3.8, 4) is 0 Å². The maximum absolute atomic E-state index is 5.80. The summed E-state index contributed by atoms with van der Waals surface area (Å²) in [7, 11) is 0. The molecule has 1 aromatic carbocycles. The molecule has 0 atom stereocenters. The summed E-state index contributed by atoms with van der Waals surface area (Å²) in [5.74, 6) is 0. The van der Waals surface area contributed by atoms with Crippen LogP contribution in [-0.4, -0.2) is 11.5 Å². The van der Waals surface area contributed by atoms with Crippen LogP contribution in [0.15, 0.2) is 30.3 Å². The first kappa shape index (κ1) is 8.06. The van der Waals surface area contributed by atoms with Crippen LogP contribution in [0.2, 0.25) is 0 Å². The second kappa shape index (κ2) is 2.61. The smallest absolute Gasteiger partial charge is 0.0456 e. The van der Waals surface area contributed by atoms with Crippen LogP contribution in [0.25, 0.3) is 10.9 Å². The number of hydrogen-bond acceptors (Lipinski definition) is 1. The van der Waals surface area contributed by atoms with Gasteiger partial charge in [-0.3, -0.25) is 0 Å². The number of rotatable bonds is 2. The van der Waals surface area contributed by atoms with Crippen LogP contribution in [0.1, 0.15) is 18.5 Å². The number of nitrogens with one attached hydrogen (secondary N) is 1. The van der Waals surface area contributed by atoms with Crippen molar-refractivity contribution in [1.29, 1.82) is 0 Å². The Morgan fingerprint density at radius 2 is 2.07 bits per heavy atom. The highest BCUT2D eigenvalue weighted by molar-refractivity contribution is 5.80. The molecule has 1 saturated carbocycles. The molecular weight excluding hydrogens is 172 g/mol. The number of nitrogens with two attached hydrogens (primary N) is 1. The SMILES string of the molecule is NCC1(c2cc3ccccc3[nH]2)CC1. The van der Waals surface area contributed by atoms with Gasteiger partial charge in [-0.15, -0.1) is 0 Å². The molecule has 0 amide bonds. The fraction of sp³-hybridized carbons (Fsp3) is 0.333. The summed E-state index contributed by atoms with van der Waals surface area (Å²) in [5, 5.41) is 1.29. The fourth-order valence-corrected chi connectivity index (χ4v) is 2.09. The number of hydrogen-bond donors (Lipinski definition) is 2. The van der Waals surface area contributed by atoms with E-state index in [0.29, 0.717) is 0 Å². The third-order valence-corrected chi connectivity index (χ3v) is 3.35. The molecule has 2 nitrogen and oxygen atoms in total. The number of aromatic nitrogens is 1. The molecule has 1 heterocycles. The molecular formula is C12H14N2. The van der Waals surface area contributed by atoms with Gasteiger partial charge in [0.2, 0.25) is 0 Å². The molecule has 3 rings (SSSR count). The van der Waals surface area contributed by atoms with E-state index in [-0.39, 0.29) is 5.41 Å². The zero-order valence-electron chi connectivity index (χ0n) is 8.09. The van der Waals surface area contributed by atoms with E-state index in [1.54, 1.807) is 0 Å². The van der Waals surface area contributed by atoms with Crippen LogP contribution in [0, 0.1) is 0 Å². The molecule has 0 unspecified atom stereocenters. The fourth-order valence-electron chi connectivity index (χ4n) is 2.09. The minimum atomic E-state index is 0.277. The summed E-state index contributed by atoms with van der Waals surface area (Å²) in [4.78, 5) is 3.47. The van der Waals surface area contributed by atoms with Crippen molar-refractivity contribution in [2.45, 2.75) is 18.3 Å². The Balaban J connectivity index is 2.15. The molecule has 0 aliphatic heterocycles. The predicted molar refractivity (Wildman–Crippen MR) is 58.3 cm³/mol. The highest BCUT2D eigenvalue weighted by Gasteiger charge is 2.44. The second-order valence-corrected chi connectivity index (χ2v) is 4.25. The number of benzene rings is 1. The lowest BCUT2D eigenvalue weighted by Gasteiger charge is -2.08. The lowest BCUT2D eigenvalue weighted by molar-refractivity contribution is 0.686. The number of para-hydroxylation sites is 1. The van der Waals surface area contributed by atoms with Gasteiger partial charge in [0.1, 0.15) is 0 Å². The maximum Gasteiger partial charge on any atom is 0.0456 e. The van der Waals surface area contributed by atoms with Crippen LogP contribution >= 0.6 is 0 Å². The molecule has 72 valence electrons. The molecule has 3 N–H and O–H groups in total. The van der Waals surface area contributed by atoms with E-state index in [1.165, 1.54) is 29.4 Å². The molecule has 0 bridgehead atoms. The van der Waals surface area contributed by atoms with Gasteiger partial charge in [-0.25, -0.2) is 0 Å². The average molecular weight is 186 g/mol. The summed E-state index contributed by atoms with van der Waals surface area (Å²) >= 11 is 0. The summed E-state index contributed by atoms with van der Waals surface area (Å²) in [6, 6.07) is 10.6. The first-order valence-corrected chi connectivity index (χ1v) is 5.12. The van der Waals surface area contributed by atoms with Gasteiger partial charge in [-0.1, -0.05) is 18.2 Å². The molecule has 2 aromatic rings. The van der Waals surface area contributed by atoms with Crippen LogP contribution in [0.3, 0.4) is 0 Å². The van der Waals surface area contributed by atoms with E-state index >= 15 is 0 Å². The normalized spacial score (nSPS) is 18.6. The first-order chi connectivity index (χ1) is 6.84. The standard InChI is InChI=1S/C12H14N2/c13-8-12(5-6-12)11-7-9-3-1-2-4-10(9)14-11/h1-4,7,14H,5-6,8,13H2. The van der Waals surface area contributed by atoms with Gasteiger partial charge in [0, 0.05) is 23.2 Å². The van der Waals surface area contributed by atoms with Crippen LogP contribution in [0.5, 0.6) is 0 Å². The van der Waals surface area contributed by atoms with Crippen molar-refractivity contribution in [3.05, 3.63) is 36.0 Å². The summed E-state index contributed by atoms with van der Waals surface area (Å²) in [6.07, 6.45) is 2.46. The maximum atomic E-state index is 5.80. The summed E-state index contributed by atoms with van der Waals surface area (Å²) in [5.41, 5.74) is 8.62. The number of H-pyrrole nitrogens is 1. The van der Waals surface area contributed by atoms with E-state index in [9.17, 15) is 0 Å². The van der Waals surface area contributed by atoms with Gasteiger partial charge in [-0.2, -0.15) is 0 Å². The van der Waals surface area contributed by atoms with Crippen molar-refractivity contribution in [3.63, 3.8) is 0 Å². The number of fused-ring (bicyclic) bond motifs is 1. The van der Waals surface area contributed by atoms with Crippen molar-refractivity contribution in [2.75, 3.05) is 6.54 Å². The van der Waals surface area contributed by atoms with Crippen LogP contribution < -0.4 is 5.73 Å². The van der Waals surface area contributed by atoms with E-state index in [4.69, 9.17) is 5.73 Å². The quantitative estimate of drug-likeness (QED) is 0.741. The Hall–Kier alpha value is -1.28. The third kappa shape index (κ3) is 1.01. The second-order valence-electron chi connectivity index (χ2n) is 4.25. The average Bonchev–Trinajstić information content (AvgIpc) is 2.91. The monoisotopic (exact) mass is 186 g/mol. The zero-order chi connectivity index (χ0) is 9.60. The Kier molecular flexibility index (Phi) is 1.50. The Morgan fingerprint density at radius 1 is 1.29 bits per heavy atom. The van der Waals surface area contributed by atoms with Crippen molar-refractivity contribution in [1.82, 2.24) is 4.98 Å². The molecule has 2 heteroatoms. The minimum absolute atomic E-state index is 0.277. The van der Waals surface area contributed by atoms with Crippen molar-refractivity contribution < 1.29 is 0 Å². The zero-order valence-corrected chi connectivity index (χ0v) is 8.09. The van der Waals surface area contributed by atoms with Crippen LogP contribution in [0.4, 0.5) is 0 Å². The van der Waals surface area contributed by atoms with Crippen molar-refractivity contribution in [2.24, 2.45) is 5.73 Å². The van der Waals surface area contributed by atoms with Crippen molar-refractivity contribution >= 4 is 10.9 Å². The van der Waals surface area contributed by atoms with E-state index < -0.39 is 0 Å². The van der Waals surface area contributed by atoms with E-state index in [1.807, 2.05) is 0 Å². The molecule has 0 radical (unpaired) electrons. The Bertz CT molecular complexity index is 433. The highest BCUT2D eigenvalue weighted by Crippen LogP contribution is 2.47. The molecule has 1 aliphatic carbocycles. The van der Waals surface area contributed by atoms with Crippen LogP contribution in [-0.2, 0) is 5.41 Å². The molecule has 0 spiro atoms. The Morgan fingerprint density at radius 3 is 2.71 bits per heavy atom. The largest absolute Gasteiger partial charge is 0.358 e. The lowest BCUT2D eigenvalue weighted by atomic mass is 10.0. The molecule has 1 aromatic heterocycles. The van der Waals surface area contributed by atoms with E-state index in [0.717, 1.165) is 6.54 Å². The van der Waals surface area contributed by atoms with Gasteiger partial charge in [0.05, 0.1) is 0 Å². The lowest BCUT2D eigenvalue weighted by Crippen LogP contribution is -2.19. The van der Waals surface area contributed by atoms with Gasteiger partial charge in [0.25, 0.3) is 0 Å². The summed E-state index contributed by atoms with van der Waals surface area (Å²) < 4.78 is 0. The molecule has 14 heavy (non-hydrogen) atoms. The molecule has 1 aliphatic rings. The highest BCUT2D eigenvalue weighted by atomic mass is 14.8. The van der Waals surface area contributed by atoms with Gasteiger partial charge in [0.15, 0.2) is 0 Å². The predicted octanol–water partition coefficient (Wildman–Crippen LogP) is 2.16. The van der Waals surface area contributed by atoms with Gasteiger partial charge >= 0.3 is 0 Å². The Labute approximate surface area is 83.1 Å². The molecule has 0 saturated heterocycles. The summed E-state index contributed by atoms with van der Waals surface area (Å²) in [6.45, 7) is 0.764.